The molecule has 1 aliphatic heterocycles. The minimum atomic E-state index is -1.16. The third kappa shape index (κ3) is 5.37. The van der Waals surface area contributed by atoms with E-state index in [0.717, 1.165) is 4.90 Å². The Kier molecular flexibility index (Phi) is 7.21. The van der Waals surface area contributed by atoms with Gasteiger partial charge in [0.15, 0.2) is 6.10 Å². The third-order valence-electron chi connectivity index (χ3n) is 4.93. The number of aliphatic hydroxyl groups is 1. The van der Waals surface area contributed by atoms with Crippen LogP contribution in [-0.4, -0.2) is 47.4 Å². The lowest BCUT2D eigenvalue weighted by molar-refractivity contribution is -0.0267. The maximum absolute atomic E-state index is 12.6. The highest BCUT2D eigenvalue weighted by atomic mass is 32.2. The van der Waals surface area contributed by atoms with E-state index in [0.29, 0.717) is 11.1 Å². The lowest BCUT2D eigenvalue weighted by Gasteiger charge is -2.20. The van der Waals surface area contributed by atoms with Crippen molar-refractivity contribution < 1.29 is 28.9 Å². The molecule has 4 atom stereocenters. The molecule has 0 spiro atoms. The molecule has 1 saturated heterocycles. The van der Waals surface area contributed by atoms with Gasteiger partial charge in [0.25, 0.3) is 0 Å². The van der Waals surface area contributed by atoms with Crippen LogP contribution in [0, 0.1) is 0 Å². The van der Waals surface area contributed by atoms with Crippen LogP contribution in [-0.2, 0) is 14.2 Å². The van der Waals surface area contributed by atoms with Crippen LogP contribution in [0.5, 0.6) is 0 Å². The molecule has 164 valence electrons. The fraction of sp³-hybridized carbons (Fsp3) is 0.200. The van der Waals surface area contributed by atoms with E-state index in [9.17, 15) is 14.7 Å². The number of benzene rings is 3. The lowest BCUT2D eigenvalue weighted by Crippen LogP contribution is -2.38. The molecule has 3 aromatic rings. The van der Waals surface area contributed by atoms with Crippen molar-refractivity contribution in [3.05, 3.63) is 102 Å². The maximum Gasteiger partial charge on any atom is 0.338 e. The molecule has 0 radical (unpaired) electrons. The zero-order chi connectivity index (χ0) is 22.3. The first kappa shape index (κ1) is 22.1. The maximum atomic E-state index is 12.6. The van der Waals surface area contributed by atoms with E-state index in [-0.39, 0.29) is 6.61 Å². The second-order valence-electron chi connectivity index (χ2n) is 7.16. The van der Waals surface area contributed by atoms with Crippen LogP contribution in [0.2, 0.25) is 0 Å². The number of esters is 2. The van der Waals surface area contributed by atoms with E-state index in [1.54, 1.807) is 60.7 Å². The van der Waals surface area contributed by atoms with Crippen molar-refractivity contribution in [2.75, 3.05) is 6.61 Å². The van der Waals surface area contributed by atoms with E-state index in [2.05, 4.69) is 0 Å². The third-order valence-corrected chi connectivity index (χ3v) is 6.09. The van der Waals surface area contributed by atoms with Crippen molar-refractivity contribution in [2.45, 2.75) is 28.6 Å². The van der Waals surface area contributed by atoms with Gasteiger partial charge in [-0.25, -0.2) is 9.59 Å². The second kappa shape index (κ2) is 10.5. The molecule has 0 aromatic heterocycles. The van der Waals surface area contributed by atoms with E-state index in [1.807, 2.05) is 30.3 Å². The highest BCUT2D eigenvalue weighted by molar-refractivity contribution is 7.99. The molecule has 3 aromatic carbocycles. The van der Waals surface area contributed by atoms with Gasteiger partial charge in [-0.1, -0.05) is 66.4 Å². The molecule has 32 heavy (non-hydrogen) atoms. The van der Waals surface area contributed by atoms with Gasteiger partial charge in [-0.15, -0.1) is 0 Å². The summed E-state index contributed by atoms with van der Waals surface area (Å²) in [5.41, 5.74) is 0.116. The monoisotopic (exact) mass is 450 g/mol. The number of hydrogen-bond acceptors (Lipinski definition) is 7. The van der Waals surface area contributed by atoms with Crippen molar-refractivity contribution in [1.29, 1.82) is 0 Å². The van der Waals surface area contributed by atoms with Gasteiger partial charge in [-0.2, -0.15) is 0 Å². The molecule has 0 unspecified atom stereocenters. The SMILES string of the molecule is O=C(OC[C@H]1O[C@H](Sc2ccccc2)[C@@H](OC(=O)c2ccccc2)[C@@H]1O)c1ccccc1. The van der Waals surface area contributed by atoms with Crippen molar-refractivity contribution in [2.24, 2.45) is 0 Å². The second-order valence-corrected chi connectivity index (χ2v) is 8.34. The number of hydrogen-bond donors (Lipinski definition) is 1. The van der Waals surface area contributed by atoms with Gasteiger partial charge in [0.05, 0.1) is 11.1 Å². The van der Waals surface area contributed by atoms with Crippen LogP contribution < -0.4 is 0 Å². The molecule has 1 N–H and O–H groups in total. The molecule has 0 bridgehead atoms. The lowest BCUT2D eigenvalue weighted by atomic mass is 10.1. The molecule has 6 nitrogen and oxygen atoms in total. The van der Waals surface area contributed by atoms with Gasteiger partial charge in [0, 0.05) is 4.90 Å². The van der Waals surface area contributed by atoms with Gasteiger partial charge in [-0.3, -0.25) is 0 Å². The summed E-state index contributed by atoms with van der Waals surface area (Å²) in [6.07, 6.45) is -2.93. The molecule has 7 heteroatoms. The number of thioether (sulfide) groups is 1. The quantitative estimate of drug-likeness (QED) is 0.546. The van der Waals surface area contributed by atoms with E-state index < -0.39 is 35.7 Å². The molecule has 1 heterocycles. The first-order valence-electron chi connectivity index (χ1n) is 10.2. The van der Waals surface area contributed by atoms with Gasteiger partial charge in [0.1, 0.15) is 24.3 Å². The predicted molar refractivity (Wildman–Crippen MR) is 119 cm³/mol. The van der Waals surface area contributed by atoms with Gasteiger partial charge < -0.3 is 19.3 Å². The molecular weight excluding hydrogens is 428 g/mol. The van der Waals surface area contributed by atoms with Crippen LogP contribution in [0.3, 0.4) is 0 Å². The number of carbonyl (C=O) groups excluding carboxylic acids is 2. The number of rotatable bonds is 7. The van der Waals surface area contributed by atoms with Crippen molar-refractivity contribution in [3.63, 3.8) is 0 Å². The summed E-state index contributed by atoms with van der Waals surface area (Å²) in [7, 11) is 0. The topological polar surface area (TPSA) is 82.1 Å². The fourth-order valence-electron chi connectivity index (χ4n) is 3.28. The first-order chi connectivity index (χ1) is 15.6. The largest absolute Gasteiger partial charge is 0.459 e. The molecule has 0 amide bonds. The highest BCUT2D eigenvalue weighted by Gasteiger charge is 2.47. The van der Waals surface area contributed by atoms with Crippen molar-refractivity contribution in [3.8, 4) is 0 Å². The van der Waals surface area contributed by atoms with E-state index >= 15 is 0 Å². The molecule has 1 fully saturated rings. The number of ether oxygens (including phenoxy) is 3. The van der Waals surface area contributed by atoms with Gasteiger partial charge in [-0.05, 0) is 36.4 Å². The number of carbonyl (C=O) groups is 2. The Balaban J connectivity index is 1.46. The van der Waals surface area contributed by atoms with Crippen LogP contribution in [0.15, 0.2) is 95.9 Å². The molecule has 1 aliphatic rings. The summed E-state index contributed by atoms with van der Waals surface area (Å²) in [6.45, 7) is -0.167. The Labute approximate surface area is 190 Å². The van der Waals surface area contributed by atoms with Crippen LogP contribution in [0.4, 0.5) is 0 Å². The minimum absolute atomic E-state index is 0.167. The average molecular weight is 451 g/mol. The molecule has 4 rings (SSSR count). The zero-order valence-corrected chi connectivity index (χ0v) is 17.9. The summed E-state index contributed by atoms with van der Waals surface area (Å²) in [6, 6.07) is 26.6. The zero-order valence-electron chi connectivity index (χ0n) is 17.1. The molecular formula is C25H22O6S. The standard InChI is InChI=1S/C25H22O6S/c26-21-20(16-29-23(27)17-10-4-1-5-11-17)30-25(32-19-14-8-3-9-15-19)22(21)31-24(28)18-12-6-2-7-13-18/h1-15,20-22,25-26H,16H2/t20-,21-,22+,25-/m1/s1. The Morgan fingerprint density at radius 1 is 0.812 bits per heavy atom. The van der Waals surface area contributed by atoms with E-state index in [4.69, 9.17) is 14.2 Å². The summed E-state index contributed by atoms with van der Waals surface area (Å²) >= 11 is 1.33. The van der Waals surface area contributed by atoms with Crippen molar-refractivity contribution in [1.82, 2.24) is 0 Å². The van der Waals surface area contributed by atoms with Crippen LogP contribution >= 0.6 is 11.8 Å². The van der Waals surface area contributed by atoms with Crippen molar-refractivity contribution >= 4 is 23.7 Å². The first-order valence-corrected chi connectivity index (χ1v) is 11.0. The van der Waals surface area contributed by atoms with Gasteiger partial charge >= 0.3 is 11.9 Å². The van der Waals surface area contributed by atoms with Gasteiger partial charge in [0.2, 0.25) is 0 Å². The predicted octanol–water partition coefficient (Wildman–Crippen LogP) is 3.95. The Hall–Kier alpha value is -3.13. The summed E-state index contributed by atoms with van der Waals surface area (Å²) in [5, 5.41) is 10.9. The Morgan fingerprint density at radius 2 is 1.34 bits per heavy atom. The summed E-state index contributed by atoms with van der Waals surface area (Å²) in [4.78, 5) is 25.8. The highest BCUT2D eigenvalue weighted by Crippen LogP contribution is 2.36. The smallest absolute Gasteiger partial charge is 0.338 e. The Morgan fingerprint density at radius 3 is 1.94 bits per heavy atom. The molecule has 0 aliphatic carbocycles. The Bertz CT molecular complexity index is 1030. The minimum Gasteiger partial charge on any atom is -0.459 e. The summed E-state index contributed by atoms with van der Waals surface area (Å²) < 4.78 is 17.0. The normalized spacial score (nSPS) is 22.3. The van der Waals surface area contributed by atoms with Crippen LogP contribution in [0.25, 0.3) is 0 Å². The summed E-state index contributed by atoms with van der Waals surface area (Å²) in [5.74, 6) is -1.07. The fourth-order valence-corrected chi connectivity index (χ4v) is 4.41. The van der Waals surface area contributed by atoms with Crippen LogP contribution in [0.1, 0.15) is 20.7 Å². The molecule has 0 saturated carbocycles. The number of aliphatic hydroxyl groups excluding tert-OH is 1. The average Bonchev–Trinajstić information content (AvgIpc) is 3.13. The van der Waals surface area contributed by atoms with E-state index in [1.165, 1.54) is 11.8 Å².